The highest BCUT2D eigenvalue weighted by atomic mass is 16.6. The van der Waals surface area contributed by atoms with Crippen molar-refractivity contribution < 1.29 is 42.9 Å². The van der Waals surface area contributed by atoms with Gasteiger partial charge in [-0.1, -0.05) is 389 Å². The molecule has 0 rings (SSSR count). The van der Waals surface area contributed by atoms with Crippen molar-refractivity contribution in [1.29, 1.82) is 0 Å². The molecule has 2 amide bonds. The smallest absolute Gasteiger partial charge is 0.314 e. The van der Waals surface area contributed by atoms with Crippen molar-refractivity contribution >= 4 is 29.9 Å². The lowest BCUT2D eigenvalue weighted by atomic mass is 9.86. The Labute approximate surface area is 773 Å². The number of carbonyl (C=O) groups excluding carboxylic acids is 5. The molecule has 0 aromatic rings. The summed E-state index contributed by atoms with van der Waals surface area (Å²) >= 11 is 0. The lowest BCUT2D eigenvalue weighted by molar-refractivity contribution is -0.161. The predicted molar refractivity (Wildman–Crippen MR) is 536 cm³/mol. The molecule has 0 aromatic heterocycles. The van der Waals surface area contributed by atoms with E-state index >= 15 is 0 Å². The van der Waals surface area contributed by atoms with E-state index in [1.165, 1.54) is 257 Å². The zero-order chi connectivity index (χ0) is 91.2. The summed E-state index contributed by atoms with van der Waals surface area (Å²) in [6, 6.07) is -0.110. The normalized spacial score (nSPS) is 12.2. The van der Waals surface area contributed by atoms with Gasteiger partial charge in [-0.2, -0.15) is 0 Å². The molecule has 0 saturated carbocycles. The summed E-state index contributed by atoms with van der Waals surface area (Å²) in [5.74, 6) is -0.0503. The first kappa shape index (κ1) is 121. The van der Waals surface area contributed by atoms with E-state index in [0.717, 1.165) is 270 Å². The molecule has 0 aliphatic heterocycles. The van der Waals surface area contributed by atoms with Gasteiger partial charge >= 0.3 is 29.9 Å². The Balaban J connectivity index is 6.25. The Kier molecular flexibility index (Phi) is 85.9. The maximum Gasteiger partial charge on any atom is 0.314 e. The van der Waals surface area contributed by atoms with Crippen molar-refractivity contribution in [3.8, 4) is 0 Å². The van der Waals surface area contributed by atoms with Crippen LogP contribution in [0.4, 0.5) is 4.79 Å². The van der Waals surface area contributed by atoms with E-state index < -0.39 is 16.2 Å². The second-order valence-electron chi connectivity index (χ2n) is 41.2. The first-order chi connectivity index (χ1) is 60.2. The average molecular weight is 1750 g/mol. The maximum atomic E-state index is 14.0. The highest BCUT2D eigenvalue weighted by Crippen LogP contribution is 2.33. The molecule has 0 atom stereocenters. The van der Waals surface area contributed by atoms with Crippen molar-refractivity contribution in [2.45, 2.75) is 616 Å². The number of urea groups is 1. The number of ether oxygens (including phenoxy) is 4. The minimum atomic E-state index is -0.512. The number of carbonyl (C=O) groups is 5. The van der Waals surface area contributed by atoms with Gasteiger partial charge in [-0.15, -0.1) is 0 Å². The molecule has 124 heavy (non-hydrogen) atoms. The molecule has 0 aliphatic carbocycles. The van der Waals surface area contributed by atoms with Gasteiger partial charge in [0.1, 0.15) is 24.4 Å². The highest BCUT2D eigenvalue weighted by molar-refractivity contribution is 5.77. The van der Waals surface area contributed by atoms with Crippen molar-refractivity contribution in [3.05, 3.63) is 0 Å². The number of nitrogens with one attached hydrogen (secondary N) is 2. The van der Waals surface area contributed by atoms with Crippen LogP contribution in [-0.2, 0) is 38.1 Å². The topological polar surface area (TPSA) is 153 Å². The fourth-order valence-corrected chi connectivity index (χ4v) is 18.0. The molecule has 0 aromatic carbocycles. The molecule has 0 spiro atoms. The van der Waals surface area contributed by atoms with Gasteiger partial charge in [-0.05, 0) is 222 Å². The number of nitrogens with zero attached hydrogens (tertiary/aromatic N) is 2. The van der Waals surface area contributed by atoms with Gasteiger partial charge in [-0.3, -0.25) is 19.2 Å². The largest absolute Gasteiger partial charge is 0.462 e. The van der Waals surface area contributed by atoms with Crippen molar-refractivity contribution in [2.24, 2.45) is 16.2 Å². The van der Waals surface area contributed by atoms with E-state index in [2.05, 4.69) is 117 Å². The quantitative estimate of drug-likeness (QED) is 0.0340. The zero-order valence-electron chi connectivity index (χ0n) is 86.0. The molecule has 2 N–H and O–H groups in total. The van der Waals surface area contributed by atoms with Gasteiger partial charge in [0.25, 0.3) is 0 Å². The van der Waals surface area contributed by atoms with Crippen LogP contribution in [0.3, 0.4) is 0 Å². The fraction of sp³-hybridized carbons (Fsp3) is 0.955. The zero-order valence-corrected chi connectivity index (χ0v) is 86.0. The van der Waals surface area contributed by atoms with Crippen LogP contribution >= 0.6 is 0 Å². The third-order valence-electron chi connectivity index (χ3n) is 27.2. The first-order valence-corrected chi connectivity index (χ1v) is 55.5. The average Bonchev–Trinajstić information content (AvgIpc) is 0.875. The number of esters is 4. The summed E-state index contributed by atoms with van der Waals surface area (Å²) in [6.07, 6.45) is 89.1. The number of hydrogen-bond acceptors (Lipinski definition) is 11. The molecule has 13 heteroatoms. The molecule has 0 aliphatic rings. The summed E-state index contributed by atoms with van der Waals surface area (Å²) in [5, 5.41) is 6.53. The molecule has 0 unspecified atom stereocenters. The van der Waals surface area contributed by atoms with Crippen LogP contribution < -0.4 is 10.6 Å². The summed E-state index contributed by atoms with van der Waals surface area (Å²) in [5.41, 5.74) is -1.53. The number of unbranched alkanes of at least 4 members (excludes halogenated alkanes) is 53. The minimum absolute atomic E-state index is 0.00455. The highest BCUT2D eigenvalue weighted by Gasteiger charge is 2.34. The van der Waals surface area contributed by atoms with E-state index in [1.54, 1.807) is 0 Å². The van der Waals surface area contributed by atoms with Crippen LogP contribution in [0.2, 0.25) is 0 Å². The van der Waals surface area contributed by atoms with Gasteiger partial charge in [0.15, 0.2) is 0 Å². The van der Waals surface area contributed by atoms with Crippen LogP contribution in [0.25, 0.3) is 0 Å². The number of hydrogen-bond donors (Lipinski definition) is 2. The molecule has 0 fully saturated rings. The van der Waals surface area contributed by atoms with Crippen molar-refractivity contribution in [1.82, 2.24) is 20.4 Å². The van der Waals surface area contributed by atoms with Gasteiger partial charge in [0, 0.05) is 32.6 Å². The van der Waals surface area contributed by atoms with Gasteiger partial charge in [0.2, 0.25) is 0 Å². The van der Waals surface area contributed by atoms with Crippen molar-refractivity contribution in [2.75, 3.05) is 52.4 Å². The Morgan fingerprint density at radius 3 is 0.613 bits per heavy atom. The van der Waals surface area contributed by atoms with Gasteiger partial charge < -0.3 is 39.4 Å². The standard InChI is InChI=1S/C111H218N4O9/c1-15-23-31-39-48-64-80-100(81-65-49-40-32-24-16-2)121-104(116)88-72-56-47-60-76-94-114(95-77-61-57-73-89-109(9,10)105(117)122-101(82-66-50-41-33-25-17-3)83-67-51-42-34-26-18-4)98-92-112-108(120)113-93-99-115(96-78-62-58-74-90-110(11,12)106(118)123-102(84-68-52-43-35-27-19-5)85-69-53-44-36-28-20-6)97-79-63-59-75-91-111(13,14)107(119)124-103(86-70-54-45-37-29-21-7)87-71-55-46-38-30-22-8/h100-103H,15-99H2,1-14H3,(H2,112,113,120). The SMILES string of the molecule is CCCCCCCCC(CCCCCCCC)OC(=O)CCCCCCCN(CCCCCCC(C)(C)C(=O)OC(CCCCCCCC)CCCCCCCC)CCNC(=O)NCCN(CCCCCCC(C)(C)C(=O)OC(CCCCCCCC)CCCCCCCC)CCCCCCC(C)(C)C(=O)OC(CCCCCCCC)CCCCCCCC. The molecule has 0 radical (unpaired) electrons. The molecule has 736 valence electrons. The lowest BCUT2D eigenvalue weighted by Gasteiger charge is -2.27. The molecular weight excluding hydrogens is 1530 g/mol. The van der Waals surface area contributed by atoms with Crippen LogP contribution in [0.15, 0.2) is 0 Å². The number of rotatable bonds is 98. The minimum Gasteiger partial charge on any atom is -0.462 e. The molecule has 0 saturated heterocycles. The third-order valence-corrected chi connectivity index (χ3v) is 27.2. The summed E-state index contributed by atoms with van der Waals surface area (Å²) < 4.78 is 25.5. The van der Waals surface area contributed by atoms with E-state index in [4.69, 9.17) is 18.9 Å². The molecular formula is C111H218N4O9. The third kappa shape index (κ3) is 76.7. The monoisotopic (exact) mass is 1750 g/mol. The summed E-state index contributed by atoms with van der Waals surface area (Å²) in [7, 11) is 0. The maximum absolute atomic E-state index is 14.0. The Morgan fingerprint density at radius 2 is 0.395 bits per heavy atom. The van der Waals surface area contributed by atoms with Crippen molar-refractivity contribution in [3.63, 3.8) is 0 Å². The predicted octanol–water partition coefficient (Wildman–Crippen LogP) is 33.8. The van der Waals surface area contributed by atoms with E-state index in [9.17, 15) is 24.0 Å². The number of amides is 2. The molecule has 0 heterocycles. The second kappa shape index (κ2) is 88.0. The summed E-state index contributed by atoms with van der Waals surface area (Å²) in [4.78, 5) is 74.0. The second-order valence-corrected chi connectivity index (χ2v) is 41.2. The van der Waals surface area contributed by atoms with Crippen LogP contribution in [0.1, 0.15) is 591 Å². The van der Waals surface area contributed by atoms with E-state index in [0.29, 0.717) is 19.5 Å². The van der Waals surface area contributed by atoms with E-state index in [1.807, 2.05) is 0 Å². The Hall–Kier alpha value is -2.93. The van der Waals surface area contributed by atoms with Gasteiger partial charge in [-0.25, -0.2) is 4.79 Å². The Bertz CT molecular complexity index is 2190. The molecule has 13 nitrogen and oxygen atoms in total. The van der Waals surface area contributed by atoms with Gasteiger partial charge in [0.05, 0.1) is 16.2 Å². The first-order valence-electron chi connectivity index (χ1n) is 55.5. The summed E-state index contributed by atoms with van der Waals surface area (Å²) in [6.45, 7) is 37.4. The van der Waals surface area contributed by atoms with Crippen LogP contribution in [-0.4, -0.2) is 116 Å². The van der Waals surface area contributed by atoms with Crippen LogP contribution in [0, 0.1) is 16.2 Å². The molecule has 0 bridgehead atoms. The lowest BCUT2D eigenvalue weighted by Crippen LogP contribution is -2.43. The fourth-order valence-electron chi connectivity index (χ4n) is 18.0. The van der Waals surface area contributed by atoms with E-state index in [-0.39, 0.29) is 54.3 Å². The Morgan fingerprint density at radius 1 is 0.218 bits per heavy atom. The van der Waals surface area contributed by atoms with Crippen LogP contribution in [0.5, 0.6) is 0 Å².